The number of nitrogens with two attached hydrogens (primary N) is 1. The summed E-state index contributed by atoms with van der Waals surface area (Å²) in [6.07, 6.45) is 0.805. The molecule has 1 unspecified atom stereocenters. The van der Waals surface area contributed by atoms with E-state index in [0.717, 1.165) is 0 Å². The molecule has 4 heteroatoms. The molecular weight excluding hydrogens is 134 g/mol. The lowest BCUT2D eigenvalue weighted by Gasteiger charge is -2.33. The number of carbonyl (C=O) groups excluding carboxylic acids is 1. The Kier molecular flexibility index (Phi) is 1.35. The largest absolute Gasteiger partial charge is 0.480 e. The van der Waals surface area contributed by atoms with Gasteiger partial charge in [-0.15, -0.1) is 0 Å². The third kappa shape index (κ3) is 0.667. The minimum absolute atomic E-state index is 0.167. The summed E-state index contributed by atoms with van der Waals surface area (Å²) in [4.78, 5) is 20.3. The van der Waals surface area contributed by atoms with Crippen molar-refractivity contribution in [1.29, 1.82) is 0 Å². The van der Waals surface area contributed by atoms with E-state index < -0.39 is 11.5 Å². The molecule has 10 heavy (non-hydrogen) atoms. The van der Waals surface area contributed by atoms with Crippen LogP contribution in [0.2, 0.25) is 0 Å². The molecule has 0 spiro atoms. The summed E-state index contributed by atoms with van der Waals surface area (Å²) in [5.41, 5.74) is 4.07. The molecule has 0 radical (unpaired) electrons. The number of carboxylic acids is 1. The maximum atomic E-state index is 10.3. The molecule has 0 bridgehead atoms. The number of rotatable bonds is 1. The summed E-state index contributed by atoms with van der Waals surface area (Å²) in [5.74, 6) is 0.393. The zero-order chi connectivity index (χ0) is 7.78. The normalized spacial score (nSPS) is 30.7. The first-order valence-electron chi connectivity index (χ1n) is 2.88. The van der Waals surface area contributed by atoms with Crippen molar-refractivity contribution in [3.8, 4) is 0 Å². The lowest BCUT2D eigenvalue weighted by molar-refractivity contribution is -0.143. The lowest BCUT2D eigenvalue weighted by Crippen LogP contribution is -2.56. The summed E-state index contributed by atoms with van der Waals surface area (Å²) in [6.45, 7) is 0. The summed E-state index contributed by atoms with van der Waals surface area (Å²) in [6, 6.07) is 0. The molecular formula is C6H7NO3. The van der Waals surface area contributed by atoms with E-state index in [4.69, 9.17) is 10.8 Å². The van der Waals surface area contributed by atoms with Gasteiger partial charge in [0.15, 0.2) is 0 Å². The Balaban J connectivity index is 2.91. The highest BCUT2D eigenvalue weighted by Gasteiger charge is 2.46. The molecule has 54 valence electrons. The molecule has 0 aliphatic heterocycles. The third-order valence-corrected chi connectivity index (χ3v) is 1.81. The van der Waals surface area contributed by atoms with Crippen LogP contribution < -0.4 is 5.73 Å². The molecule has 0 heterocycles. The van der Waals surface area contributed by atoms with E-state index in [2.05, 4.69) is 0 Å². The summed E-state index contributed by atoms with van der Waals surface area (Å²) in [5, 5.41) is 8.47. The average molecular weight is 141 g/mol. The predicted molar refractivity (Wildman–Crippen MR) is 33.0 cm³/mol. The quantitative estimate of drug-likeness (QED) is 0.474. The van der Waals surface area contributed by atoms with E-state index in [1.807, 2.05) is 0 Å². The molecule has 1 saturated carbocycles. The first kappa shape index (κ1) is 6.99. The monoisotopic (exact) mass is 141 g/mol. The molecule has 4 nitrogen and oxygen atoms in total. The lowest BCUT2D eigenvalue weighted by atomic mass is 9.73. The minimum Gasteiger partial charge on any atom is -0.480 e. The standard InChI is InChI=1S/C6H7NO3/c7-6(5(9)10)2-1-4(6)3-8/h1-2,7H2,(H,9,10). The van der Waals surface area contributed by atoms with Crippen LogP contribution >= 0.6 is 0 Å². The Hall–Kier alpha value is -1.12. The van der Waals surface area contributed by atoms with E-state index in [1.54, 1.807) is 0 Å². The van der Waals surface area contributed by atoms with Crippen molar-refractivity contribution >= 4 is 11.9 Å². The van der Waals surface area contributed by atoms with Gasteiger partial charge in [-0.3, -0.25) is 0 Å². The van der Waals surface area contributed by atoms with Gasteiger partial charge in [0, 0.05) is 5.57 Å². The van der Waals surface area contributed by atoms with Crippen molar-refractivity contribution in [2.75, 3.05) is 0 Å². The molecule has 1 fully saturated rings. The molecule has 0 aromatic rings. The highest BCUT2D eigenvalue weighted by molar-refractivity contribution is 5.88. The second kappa shape index (κ2) is 1.94. The summed E-state index contributed by atoms with van der Waals surface area (Å²) >= 11 is 0. The number of carbonyl (C=O) groups is 1. The van der Waals surface area contributed by atoms with Crippen LogP contribution in [0.25, 0.3) is 0 Å². The minimum atomic E-state index is -1.40. The van der Waals surface area contributed by atoms with E-state index >= 15 is 0 Å². The fraction of sp³-hybridized carbons (Fsp3) is 0.500. The van der Waals surface area contributed by atoms with Crippen molar-refractivity contribution in [3.63, 3.8) is 0 Å². The van der Waals surface area contributed by atoms with Crippen LogP contribution in [0.3, 0.4) is 0 Å². The third-order valence-electron chi connectivity index (χ3n) is 1.81. The number of carboxylic acid groups (broad SMARTS) is 1. The number of hydrogen-bond acceptors (Lipinski definition) is 3. The average Bonchev–Trinajstić information content (AvgIpc) is 1.85. The van der Waals surface area contributed by atoms with Crippen molar-refractivity contribution in [2.45, 2.75) is 18.4 Å². The maximum absolute atomic E-state index is 10.3. The van der Waals surface area contributed by atoms with Crippen LogP contribution in [-0.2, 0) is 9.59 Å². The second-order valence-electron chi connectivity index (χ2n) is 2.36. The van der Waals surface area contributed by atoms with Gasteiger partial charge in [-0.05, 0) is 12.8 Å². The van der Waals surface area contributed by atoms with Gasteiger partial charge in [0.2, 0.25) is 0 Å². The van der Waals surface area contributed by atoms with Crippen molar-refractivity contribution in [1.82, 2.24) is 0 Å². The zero-order valence-electron chi connectivity index (χ0n) is 5.26. The molecule has 3 N–H and O–H groups in total. The van der Waals surface area contributed by atoms with Gasteiger partial charge in [-0.2, -0.15) is 0 Å². The molecule has 0 saturated heterocycles. The van der Waals surface area contributed by atoms with Crippen LogP contribution in [-0.4, -0.2) is 22.6 Å². The van der Waals surface area contributed by atoms with Gasteiger partial charge in [-0.25, -0.2) is 9.59 Å². The molecule has 0 amide bonds. The van der Waals surface area contributed by atoms with Crippen molar-refractivity contribution < 1.29 is 14.7 Å². The first-order valence-corrected chi connectivity index (χ1v) is 2.88. The fourth-order valence-corrected chi connectivity index (χ4v) is 0.897. The van der Waals surface area contributed by atoms with Gasteiger partial charge in [0.1, 0.15) is 11.5 Å². The van der Waals surface area contributed by atoms with Crippen LogP contribution in [0.4, 0.5) is 0 Å². The highest BCUT2D eigenvalue weighted by Crippen LogP contribution is 2.33. The van der Waals surface area contributed by atoms with Gasteiger partial charge in [-0.1, -0.05) is 0 Å². The zero-order valence-corrected chi connectivity index (χ0v) is 5.26. The molecule has 1 aliphatic carbocycles. The second-order valence-corrected chi connectivity index (χ2v) is 2.36. The van der Waals surface area contributed by atoms with Crippen LogP contribution in [0.15, 0.2) is 5.57 Å². The van der Waals surface area contributed by atoms with Crippen molar-refractivity contribution in [3.05, 3.63) is 5.57 Å². The van der Waals surface area contributed by atoms with Crippen LogP contribution in [0.1, 0.15) is 12.8 Å². The van der Waals surface area contributed by atoms with E-state index in [9.17, 15) is 9.59 Å². The Labute approximate surface area is 57.3 Å². The smallest absolute Gasteiger partial charge is 0.328 e. The van der Waals surface area contributed by atoms with Crippen LogP contribution in [0.5, 0.6) is 0 Å². The highest BCUT2D eigenvalue weighted by atomic mass is 16.4. The van der Waals surface area contributed by atoms with E-state index in [1.165, 1.54) is 5.94 Å². The van der Waals surface area contributed by atoms with Crippen LogP contribution in [0, 0.1) is 0 Å². The Morgan fingerprint density at radius 3 is 2.50 bits per heavy atom. The van der Waals surface area contributed by atoms with Gasteiger partial charge < -0.3 is 10.8 Å². The SMILES string of the molecule is NC1(C(=O)O)CCC1=C=O. The summed E-state index contributed by atoms with van der Waals surface area (Å²) < 4.78 is 0. The maximum Gasteiger partial charge on any atom is 0.328 e. The number of hydrogen-bond donors (Lipinski definition) is 2. The number of aliphatic carboxylic acids is 1. The first-order chi connectivity index (χ1) is 4.61. The van der Waals surface area contributed by atoms with E-state index in [0.29, 0.717) is 12.8 Å². The Morgan fingerprint density at radius 1 is 1.80 bits per heavy atom. The van der Waals surface area contributed by atoms with E-state index in [-0.39, 0.29) is 5.57 Å². The van der Waals surface area contributed by atoms with Gasteiger partial charge >= 0.3 is 5.97 Å². The topological polar surface area (TPSA) is 80.4 Å². The Morgan fingerprint density at radius 2 is 2.40 bits per heavy atom. The van der Waals surface area contributed by atoms with Gasteiger partial charge in [0.25, 0.3) is 0 Å². The Bertz CT molecular complexity index is 229. The van der Waals surface area contributed by atoms with Crippen molar-refractivity contribution in [2.24, 2.45) is 5.73 Å². The molecule has 1 atom stereocenters. The fourth-order valence-electron chi connectivity index (χ4n) is 0.897. The molecule has 1 aliphatic rings. The summed E-state index contributed by atoms with van der Waals surface area (Å²) in [7, 11) is 0. The molecule has 1 rings (SSSR count). The predicted octanol–water partition coefficient (Wildman–Crippen LogP) is -0.680. The molecule has 0 aromatic carbocycles. The molecule has 0 aromatic heterocycles. The van der Waals surface area contributed by atoms with Gasteiger partial charge in [0.05, 0.1) is 0 Å².